The van der Waals surface area contributed by atoms with Crippen LogP contribution >= 0.6 is 0 Å². The summed E-state index contributed by atoms with van der Waals surface area (Å²) in [4.78, 5) is 24.0. The van der Waals surface area contributed by atoms with Gasteiger partial charge in [0.05, 0.1) is 20.3 Å². The highest BCUT2D eigenvalue weighted by Crippen LogP contribution is 2.21. The van der Waals surface area contributed by atoms with E-state index in [-0.39, 0.29) is 18.6 Å². The fourth-order valence-corrected chi connectivity index (χ4v) is 2.71. The van der Waals surface area contributed by atoms with Gasteiger partial charge in [0.15, 0.2) is 0 Å². The third-order valence-corrected chi connectivity index (χ3v) is 4.12. The highest BCUT2D eigenvalue weighted by atomic mass is 16.5. The van der Waals surface area contributed by atoms with Crippen LogP contribution in [0.5, 0.6) is 5.75 Å². The molecule has 0 fully saturated rings. The first-order valence-corrected chi connectivity index (χ1v) is 8.31. The lowest BCUT2D eigenvalue weighted by atomic mass is 10.0. The van der Waals surface area contributed by atoms with Gasteiger partial charge in [0.25, 0.3) is 0 Å². The molecule has 6 nitrogen and oxygen atoms in total. The standard InChI is InChI=1S/C20H24N2O4/c1-13-7-5-6-8-16(13)14(2)22-20(24)21-12-15-9-10-18(25-3)17(11-15)19(23)26-4/h5-11,14H,12H2,1-4H3,(H2,21,22,24)/t14-/m1/s1. The molecule has 2 N–H and O–H groups in total. The van der Waals surface area contributed by atoms with Gasteiger partial charge in [-0.2, -0.15) is 0 Å². The monoisotopic (exact) mass is 356 g/mol. The largest absolute Gasteiger partial charge is 0.496 e. The minimum absolute atomic E-state index is 0.113. The summed E-state index contributed by atoms with van der Waals surface area (Å²) < 4.78 is 9.91. The molecule has 138 valence electrons. The molecule has 0 unspecified atom stereocenters. The van der Waals surface area contributed by atoms with Gasteiger partial charge in [-0.1, -0.05) is 30.3 Å². The van der Waals surface area contributed by atoms with Gasteiger partial charge in [-0.25, -0.2) is 9.59 Å². The number of urea groups is 1. The van der Waals surface area contributed by atoms with E-state index in [0.29, 0.717) is 11.3 Å². The number of carbonyl (C=O) groups is 2. The summed E-state index contributed by atoms with van der Waals surface area (Å²) >= 11 is 0. The fraction of sp³-hybridized carbons (Fsp3) is 0.300. The molecule has 0 saturated carbocycles. The van der Waals surface area contributed by atoms with Crippen LogP contribution in [0.25, 0.3) is 0 Å². The molecule has 0 aliphatic rings. The third-order valence-electron chi connectivity index (χ3n) is 4.12. The van der Waals surface area contributed by atoms with Crippen molar-refractivity contribution in [3.05, 3.63) is 64.7 Å². The van der Waals surface area contributed by atoms with Crippen LogP contribution in [-0.4, -0.2) is 26.2 Å². The molecular formula is C20H24N2O4. The summed E-state index contributed by atoms with van der Waals surface area (Å²) in [5.41, 5.74) is 3.28. The zero-order valence-electron chi connectivity index (χ0n) is 15.5. The van der Waals surface area contributed by atoms with Crippen molar-refractivity contribution in [1.29, 1.82) is 0 Å². The summed E-state index contributed by atoms with van der Waals surface area (Å²) in [6.07, 6.45) is 0. The quantitative estimate of drug-likeness (QED) is 0.778. The maximum atomic E-state index is 12.2. The SMILES string of the molecule is COC(=O)c1cc(CNC(=O)N[C@H](C)c2ccccc2C)ccc1OC. The molecule has 0 aliphatic carbocycles. The first-order valence-electron chi connectivity index (χ1n) is 8.31. The number of hydrogen-bond acceptors (Lipinski definition) is 4. The van der Waals surface area contributed by atoms with E-state index >= 15 is 0 Å². The van der Waals surface area contributed by atoms with Gasteiger partial charge in [-0.3, -0.25) is 0 Å². The summed E-state index contributed by atoms with van der Waals surface area (Å²) in [5.74, 6) is -0.0560. The third kappa shape index (κ3) is 4.75. The fourth-order valence-electron chi connectivity index (χ4n) is 2.71. The predicted octanol–water partition coefficient (Wildman–Crippen LogP) is 3.35. The Kier molecular flexibility index (Phi) is 6.60. The summed E-state index contributed by atoms with van der Waals surface area (Å²) in [6, 6.07) is 12.6. The number of hydrogen-bond donors (Lipinski definition) is 2. The molecule has 2 amide bonds. The Balaban J connectivity index is 1.99. The van der Waals surface area contributed by atoms with Crippen LogP contribution in [0.4, 0.5) is 4.79 Å². The second-order valence-electron chi connectivity index (χ2n) is 5.93. The maximum absolute atomic E-state index is 12.2. The zero-order chi connectivity index (χ0) is 19.1. The van der Waals surface area contributed by atoms with Crippen LogP contribution in [0.1, 0.15) is 40.0 Å². The summed E-state index contributed by atoms with van der Waals surface area (Å²) in [5, 5.41) is 5.71. The number of ether oxygens (including phenoxy) is 2. The number of aryl methyl sites for hydroxylation is 1. The van der Waals surface area contributed by atoms with Crippen molar-refractivity contribution in [1.82, 2.24) is 10.6 Å². The lowest BCUT2D eigenvalue weighted by molar-refractivity contribution is 0.0597. The van der Waals surface area contributed by atoms with Gasteiger partial charge in [-0.05, 0) is 42.7 Å². The van der Waals surface area contributed by atoms with Crippen molar-refractivity contribution in [2.75, 3.05) is 14.2 Å². The van der Waals surface area contributed by atoms with Crippen LogP contribution in [0.15, 0.2) is 42.5 Å². The van der Waals surface area contributed by atoms with Crippen molar-refractivity contribution in [2.24, 2.45) is 0 Å². The Morgan fingerprint density at radius 1 is 1.12 bits per heavy atom. The Hall–Kier alpha value is -3.02. The van der Waals surface area contributed by atoms with Gasteiger partial charge in [-0.15, -0.1) is 0 Å². The minimum atomic E-state index is -0.485. The van der Waals surface area contributed by atoms with E-state index in [1.165, 1.54) is 14.2 Å². The Morgan fingerprint density at radius 2 is 1.85 bits per heavy atom. The molecule has 0 saturated heterocycles. The average molecular weight is 356 g/mol. The van der Waals surface area contributed by atoms with Gasteiger partial charge >= 0.3 is 12.0 Å². The highest BCUT2D eigenvalue weighted by Gasteiger charge is 2.14. The smallest absolute Gasteiger partial charge is 0.341 e. The Labute approximate surface area is 153 Å². The first kappa shape index (κ1) is 19.3. The average Bonchev–Trinajstić information content (AvgIpc) is 2.65. The zero-order valence-corrected chi connectivity index (χ0v) is 15.5. The second-order valence-corrected chi connectivity index (χ2v) is 5.93. The molecule has 0 spiro atoms. The van der Waals surface area contributed by atoms with Crippen LogP contribution in [-0.2, 0) is 11.3 Å². The van der Waals surface area contributed by atoms with Crippen LogP contribution in [0.3, 0.4) is 0 Å². The van der Waals surface area contributed by atoms with Crippen molar-refractivity contribution < 1.29 is 19.1 Å². The van der Waals surface area contributed by atoms with Crippen LogP contribution < -0.4 is 15.4 Å². The second kappa shape index (κ2) is 8.89. The van der Waals surface area contributed by atoms with Gasteiger partial charge < -0.3 is 20.1 Å². The number of esters is 1. The van der Waals surface area contributed by atoms with E-state index < -0.39 is 5.97 Å². The molecule has 6 heteroatoms. The molecule has 2 aromatic rings. The lowest BCUT2D eigenvalue weighted by Gasteiger charge is -2.17. The topological polar surface area (TPSA) is 76.7 Å². The molecular weight excluding hydrogens is 332 g/mol. The molecule has 0 aromatic heterocycles. The van der Waals surface area contributed by atoms with Crippen molar-refractivity contribution in [2.45, 2.75) is 26.4 Å². The van der Waals surface area contributed by atoms with Gasteiger partial charge in [0, 0.05) is 6.54 Å². The molecule has 0 heterocycles. The van der Waals surface area contributed by atoms with Gasteiger partial charge in [0.1, 0.15) is 11.3 Å². The first-order chi connectivity index (χ1) is 12.5. The molecule has 2 rings (SSSR count). The van der Waals surface area contributed by atoms with E-state index in [4.69, 9.17) is 9.47 Å². The van der Waals surface area contributed by atoms with Gasteiger partial charge in [0.2, 0.25) is 0 Å². The van der Waals surface area contributed by atoms with E-state index in [0.717, 1.165) is 16.7 Å². The van der Waals surface area contributed by atoms with Crippen molar-refractivity contribution in [3.63, 3.8) is 0 Å². The highest BCUT2D eigenvalue weighted by molar-refractivity contribution is 5.92. The number of carbonyl (C=O) groups excluding carboxylic acids is 2. The number of amides is 2. The maximum Gasteiger partial charge on any atom is 0.341 e. The van der Waals surface area contributed by atoms with Crippen LogP contribution in [0, 0.1) is 6.92 Å². The Bertz CT molecular complexity index is 789. The van der Waals surface area contributed by atoms with Crippen LogP contribution in [0.2, 0.25) is 0 Å². The minimum Gasteiger partial charge on any atom is -0.496 e. The Morgan fingerprint density at radius 3 is 2.50 bits per heavy atom. The molecule has 2 aromatic carbocycles. The number of benzene rings is 2. The summed E-state index contributed by atoms with van der Waals surface area (Å²) in [7, 11) is 2.80. The van der Waals surface area contributed by atoms with Crippen molar-refractivity contribution in [3.8, 4) is 5.75 Å². The normalized spacial score (nSPS) is 11.4. The number of nitrogens with one attached hydrogen (secondary N) is 2. The van der Waals surface area contributed by atoms with E-state index in [2.05, 4.69) is 10.6 Å². The molecule has 0 aliphatic heterocycles. The predicted molar refractivity (Wildman–Crippen MR) is 99.3 cm³/mol. The van der Waals surface area contributed by atoms with E-state index in [1.54, 1.807) is 18.2 Å². The van der Waals surface area contributed by atoms with E-state index in [1.807, 2.05) is 38.1 Å². The molecule has 0 radical (unpaired) electrons. The lowest BCUT2D eigenvalue weighted by Crippen LogP contribution is -2.36. The molecule has 26 heavy (non-hydrogen) atoms. The van der Waals surface area contributed by atoms with E-state index in [9.17, 15) is 9.59 Å². The van der Waals surface area contributed by atoms with Crippen molar-refractivity contribution >= 4 is 12.0 Å². The summed E-state index contributed by atoms with van der Waals surface area (Å²) in [6.45, 7) is 4.22. The number of rotatable bonds is 6. The molecule has 1 atom stereocenters. The molecule has 0 bridgehead atoms. The number of methoxy groups -OCH3 is 2.